The number of rotatable bonds is 6. The highest BCUT2D eigenvalue weighted by Gasteiger charge is 2.13. The summed E-state index contributed by atoms with van der Waals surface area (Å²) in [5.74, 6) is 0.835. The number of fused-ring (bicyclic) bond motifs is 1. The van der Waals surface area contributed by atoms with Crippen molar-refractivity contribution in [3.05, 3.63) is 46.2 Å². The summed E-state index contributed by atoms with van der Waals surface area (Å²) in [7, 11) is 0. The number of aryl methyl sites for hydroxylation is 2. The number of hydrogen-bond donors (Lipinski definition) is 2. The highest BCUT2D eigenvalue weighted by atomic mass is 32.1. The van der Waals surface area contributed by atoms with Crippen LogP contribution in [0.2, 0.25) is 0 Å². The lowest BCUT2D eigenvalue weighted by molar-refractivity contribution is -0.121. The molecule has 0 aliphatic heterocycles. The molecule has 2 aromatic heterocycles. The number of H-pyrrole nitrogens is 1. The van der Waals surface area contributed by atoms with Crippen LogP contribution in [-0.2, 0) is 11.2 Å². The summed E-state index contributed by atoms with van der Waals surface area (Å²) in [4.78, 5) is 24.2. The van der Waals surface area contributed by atoms with Crippen molar-refractivity contribution < 1.29 is 4.79 Å². The monoisotopic (exact) mass is 328 g/mol. The summed E-state index contributed by atoms with van der Waals surface area (Å²) in [5, 5.41) is 6.14. The predicted octanol–water partition coefficient (Wildman–Crippen LogP) is 3.53. The van der Waals surface area contributed by atoms with E-state index in [2.05, 4.69) is 20.3 Å². The number of imidazole rings is 1. The molecule has 0 bridgehead atoms. The van der Waals surface area contributed by atoms with Crippen molar-refractivity contribution in [2.24, 2.45) is 0 Å². The minimum Gasteiger partial charge on any atom is -0.346 e. The number of hydrogen-bond acceptors (Lipinski definition) is 4. The average molecular weight is 328 g/mol. The van der Waals surface area contributed by atoms with E-state index in [0.29, 0.717) is 6.42 Å². The first-order valence-electron chi connectivity index (χ1n) is 7.77. The van der Waals surface area contributed by atoms with Gasteiger partial charge >= 0.3 is 0 Å². The highest BCUT2D eigenvalue weighted by Crippen LogP contribution is 2.16. The highest BCUT2D eigenvalue weighted by molar-refractivity contribution is 7.09. The molecule has 5 nitrogen and oxygen atoms in total. The number of aromatic amines is 1. The maximum Gasteiger partial charge on any atom is 0.220 e. The number of carbonyl (C=O) groups excluding carboxylic acids is 1. The first-order chi connectivity index (χ1) is 11.1. The summed E-state index contributed by atoms with van der Waals surface area (Å²) in [5.41, 5.74) is 2.96. The first-order valence-corrected chi connectivity index (χ1v) is 8.65. The number of nitrogens with one attached hydrogen (secondary N) is 2. The van der Waals surface area contributed by atoms with Gasteiger partial charge < -0.3 is 10.3 Å². The zero-order valence-corrected chi connectivity index (χ0v) is 14.1. The van der Waals surface area contributed by atoms with Crippen LogP contribution in [0.15, 0.2) is 29.6 Å². The lowest BCUT2D eigenvalue weighted by atomic mass is 10.2. The lowest BCUT2D eigenvalue weighted by Gasteiger charge is -2.11. The molecule has 2 N–H and O–H groups in total. The van der Waals surface area contributed by atoms with Crippen molar-refractivity contribution in [2.45, 2.75) is 39.2 Å². The van der Waals surface area contributed by atoms with Crippen molar-refractivity contribution in [3.8, 4) is 0 Å². The van der Waals surface area contributed by atoms with Gasteiger partial charge in [-0.1, -0.05) is 12.1 Å². The van der Waals surface area contributed by atoms with Gasteiger partial charge in [-0.05, 0) is 38.8 Å². The Labute approximate surface area is 139 Å². The second-order valence-electron chi connectivity index (χ2n) is 5.66. The Morgan fingerprint density at radius 2 is 2.17 bits per heavy atom. The molecule has 0 aliphatic carbocycles. The van der Waals surface area contributed by atoms with Gasteiger partial charge in [-0.2, -0.15) is 0 Å². The molecule has 2 heterocycles. The van der Waals surface area contributed by atoms with E-state index in [9.17, 15) is 4.79 Å². The van der Waals surface area contributed by atoms with Gasteiger partial charge in [0.1, 0.15) is 5.82 Å². The van der Waals surface area contributed by atoms with Crippen LogP contribution in [0, 0.1) is 6.92 Å². The molecule has 6 heteroatoms. The number of benzene rings is 1. The Bertz CT molecular complexity index is 775. The Morgan fingerprint density at radius 1 is 1.35 bits per heavy atom. The average Bonchev–Trinajstić information content (AvgIpc) is 3.13. The number of amides is 1. The topological polar surface area (TPSA) is 70.7 Å². The van der Waals surface area contributed by atoms with Crippen LogP contribution in [0.4, 0.5) is 0 Å². The molecule has 1 amide bonds. The minimum absolute atomic E-state index is 0.0474. The van der Waals surface area contributed by atoms with Crippen molar-refractivity contribution in [1.29, 1.82) is 0 Å². The fourth-order valence-corrected chi connectivity index (χ4v) is 3.30. The molecule has 1 unspecified atom stereocenters. The van der Waals surface area contributed by atoms with Gasteiger partial charge in [0.05, 0.1) is 22.1 Å². The molecule has 0 spiro atoms. The van der Waals surface area contributed by atoms with E-state index in [0.717, 1.165) is 40.4 Å². The maximum atomic E-state index is 12.1. The summed E-state index contributed by atoms with van der Waals surface area (Å²) in [6, 6.07) is 7.73. The van der Waals surface area contributed by atoms with Crippen molar-refractivity contribution in [3.63, 3.8) is 0 Å². The summed E-state index contributed by atoms with van der Waals surface area (Å²) >= 11 is 1.66. The Balaban J connectivity index is 1.50. The quantitative estimate of drug-likeness (QED) is 0.727. The molecule has 0 radical (unpaired) electrons. The first kappa shape index (κ1) is 15.7. The zero-order chi connectivity index (χ0) is 16.2. The van der Waals surface area contributed by atoms with Crippen molar-refractivity contribution in [2.75, 3.05) is 0 Å². The van der Waals surface area contributed by atoms with Gasteiger partial charge in [-0.3, -0.25) is 4.79 Å². The number of carbonyl (C=O) groups is 1. The van der Waals surface area contributed by atoms with E-state index in [-0.39, 0.29) is 11.9 Å². The fraction of sp³-hybridized carbons (Fsp3) is 0.353. The van der Waals surface area contributed by atoms with Crippen LogP contribution in [0.5, 0.6) is 0 Å². The van der Waals surface area contributed by atoms with Crippen LogP contribution in [0.3, 0.4) is 0 Å². The van der Waals surface area contributed by atoms with Crippen LogP contribution in [-0.4, -0.2) is 20.9 Å². The standard InChI is InChI=1S/C17H20N4OS/c1-11-10-23-16(18-11)9-5-8-15(22)19-12(2)17-20-13-6-3-4-7-14(13)21-17/h3-4,6-7,10,12H,5,8-9H2,1-2H3,(H,19,22)(H,20,21). The van der Waals surface area contributed by atoms with Gasteiger partial charge in [-0.25, -0.2) is 9.97 Å². The Morgan fingerprint density at radius 3 is 2.91 bits per heavy atom. The Kier molecular flexibility index (Phi) is 4.71. The third kappa shape index (κ3) is 3.96. The molecule has 120 valence electrons. The second-order valence-corrected chi connectivity index (χ2v) is 6.61. The van der Waals surface area contributed by atoms with Crippen LogP contribution in [0.1, 0.15) is 42.3 Å². The number of para-hydroxylation sites is 2. The van der Waals surface area contributed by atoms with Crippen molar-refractivity contribution >= 4 is 28.3 Å². The normalized spacial score (nSPS) is 12.4. The molecule has 0 saturated heterocycles. The molecule has 1 atom stereocenters. The van der Waals surface area contributed by atoms with Crippen LogP contribution >= 0.6 is 11.3 Å². The van der Waals surface area contributed by atoms with E-state index in [1.807, 2.05) is 43.5 Å². The van der Waals surface area contributed by atoms with Crippen molar-refractivity contribution in [1.82, 2.24) is 20.3 Å². The zero-order valence-electron chi connectivity index (χ0n) is 13.3. The molecule has 1 aromatic carbocycles. The molecule has 0 fully saturated rings. The fourth-order valence-electron chi connectivity index (χ4n) is 2.48. The SMILES string of the molecule is Cc1csc(CCCC(=O)NC(C)c2nc3ccccc3[nH]2)n1. The Hall–Kier alpha value is -2.21. The molecule has 3 aromatic rings. The molecule has 3 rings (SSSR count). The molecular weight excluding hydrogens is 308 g/mol. The lowest BCUT2D eigenvalue weighted by Crippen LogP contribution is -2.27. The van der Waals surface area contributed by atoms with E-state index < -0.39 is 0 Å². The third-order valence-corrected chi connectivity index (χ3v) is 4.68. The summed E-state index contributed by atoms with van der Waals surface area (Å²) in [6.45, 7) is 3.93. The minimum atomic E-state index is -0.128. The van der Waals surface area contributed by atoms with E-state index >= 15 is 0 Å². The van der Waals surface area contributed by atoms with Crippen LogP contribution < -0.4 is 5.32 Å². The maximum absolute atomic E-state index is 12.1. The van der Waals surface area contributed by atoms with Crippen LogP contribution in [0.25, 0.3) is 11.0 Å². The van der Waals surface area contributed by atoms with Gasteiger partial charge in [-0.15, -0.1) is 11.3 Å². The van der Waals surface area contributed by atoms with Gasteiger partial charge in [0.15, 0.2) is 0 Å². The predicted molar refractivity (Wildman–Crippen MR) is 92.4 cm³/mol. The largest absolute Gasteiger partial charge is 0.346 e. The smallest absolute Gasteiger partial charge is 0.220 e. The number of aromatic nitrogens is 3. The third-order valence-electron chi connectivity index (χ3n) is 3.66. The number of nitrogens with zero attached hydrogens (tertiary/aromatic N) is 2. The second kappa shape index (κ2) is 6.91. The summed E-state index contributed by atoms with van der Waals surface area (Å²) < 4.78 is 0. The van der Waals surface area contributed by atoms with E-state index in [1.54, 1.807) is 11.3 Å². The molecular formula is C17H20N4OS. The number of thiazole rings is 1. The van der Waals surface area contributed by atoms with E-state index in [1.165, 1.54) is 0 Å². The summed E-state index contributed by atoms with van der Waals surface area (Å²) in [6.07, 6.45) is 2.17. The molecule has 23 heavy (non-hydrogen) atoms. The van der Waals surface area contributed by atoms with Gasteiger partial charge in [0.2, 0.25) is 5.91 Å². The molecule has 0 aliphatic rings. The van der Waals surface area contributed by atoms with Gasteiger partial charge in [0, 0.05) is 17.5 Å². The molecule has 0 saturated carbocycles. The van der Waals surface area contributed by atoms with E-state index in [4.69, 9.17) is 0 Å². The van der Waals surface area contributed by atoms with Gasteiger partial charge in [0.25, 0.3) is 0 Å².